The minimum absolute atomic E-state index is 0.118. The van der Waals surface area contributed by atoms with E-state index in [1.54, 1.807) is 7.05 Å². The van der Waals surface area contributed by atoms with Crippen LogP contribution in [-0.4, -0.2) is 74.6 Å². The molecule has 2 saturated heterocycles. The highest BCUT2D eigenvalue weighted by Gasteiger charge is 2.51. The van der Waals surface area contributed by atoms with Crippen LogP contribution in [0.5, 0.6) is 0 Å². The lowest BCUT2D eigenvalue weighted by Crippen LogP contribution is -2.45. The normalized spacial score (nSPS) is 24.4. The molecule has 36 heavy (non-hydrogen) atoms. The number of esters is 2. The van der Waals surface area contributed by atoms with Crippen LogP contribution in [0.3, 0.4) is 0 Å². The molecule has 0 aliphatic carbocycles. The highest BCUT2D eigenvalue weighted by molar-refractivity contribution is 5.83. The van der Waals surface area contributed by atoms with Crippen LogP contribution < -0.4 is 10.6 Å². The second-order valence-corrected chi connectivity index (χ2v) is 9.02. The first-order chi connectivity index (χ1) is 17.4. The van der Waals surface area contributed by atoms with Crippen molar-refractivity contribution in [3.63, 3.8) is 0 Å². The summed E-state index contributed by atoms with van der Waals surface area (Å²) in [6, 6.07) is 17.7. The Morgan fingerprint density at radius 1 is 0.806 bits per heavy atom. The molecule has 2 aliphatic heterocycles. The van der Waals surface area contributed by atoms with E-state index in [1.807, 2.05) is 60.7 Å². The van der Waals surface area contributed by atoms with Crippen molar-refractivity contribution in [3.05, 3.63) is 71.8 Å². The summed E-state index contributed by atoms with van der Waals surface area (Å²) in [6.07, 6.45) is -1.56. The maximum atomic E-state index is 12.9. The molecule has 0 bridgehead atoms. The summed E-state index contributed by atoms with van der Waals surface area (Å²) in [5.41, 5.74) is 1.91. The number of amides is 1. The molecule has 4 unspecified atom stereocenters. The van der Waals surface area contributed by atoms with Gasteiger partial charge in [-0.25, -0.2) is 4.79 Å². The van der Waals surface area contributed by atoms with Crippen LogP contribution in [0.15, 0.2) is 60.7 Å². The number of nitrogens with one attached hydrogen (secondary N) is 2. The molecule has 2 aromatic rings. The van der Waals surface area contributed by atoms with Crippen molar-refractivity contribution in [2.24, 2.45) is 0 Å². The number of fused-ring (bicyclic) bond motifs is 1. The largest absolute Gasteiger partial charge is 0.456 e. The van der Waals surface area contributed by atoms with Gasteiger partial charge in [0.1, 0.15) is 24.3 Å². The number of benzene rings is 2. The van der Waals surface area contributed by atoms with Crippen LogP contribution in [0.4, 0.5) is 0 Å². The average Bonchev–Trinajstić information content (AvgIpc) is 3.46. The smallest absolute Gasteiger partial charge is 0.329 e. The van der Waals surface area contributed by atoms with Crippen LogP contribution in [-0.2, 0) is 46.2 Å². The van der Waals surface area contributed by atoms with Gasteiger partial charge < -0.3 is 29.6 Å². The summed E-state index contributed by atoms with van der Waals surface area (Å²) in [5, 5.41) is 5.67. The van der Waals surface area contributed by atoms with Gasteiger partial charge in [-0.15, -0.1) is 0 Å². The van der Waals surface area contributed by atoms with Gasteiger partial charge >= 0.3 is 11.9 Å². The number of hydrogen-bond acceptors (Lipinski definition) is 8. The predicted octanol–water partition coefficient (Wildman–Crippen LogP) is 1.19. The van der Waals surface area contributed by atoms with Crippen LogP contribution in [0.2, 0.25) is 0 Å². The van der Waals surface area contributed by atoms with Crippen molar-refractivity contribution in [2.45, 2.75) is 56.3 Å². The Kier molecular flexibility index (Phi) is 8.69. The summed E-state index contributed by atoms with van der Waals surface area (Å²) in [4.78, 5) is 37.5. The molecular formula is C27H32N2O7. The van der Waals surface area contributed by atoms with E-state index in [4.69, 9.17) is 18.9 Å². The molecule has 2 aliphatic rings. The summed E-state index contributed by atoms with van der Waals surface area (Å²) in [6.45, 7) is 1.62. The van der Waals surface area contributed by atoms with Crippen LogP contribution in [0.25, 0.3) is 0 Å². The first-order valence-corrected chi connectivity index (χ1v) is 12.1. The van der Waals surface area contributed by atoms with E-state index in [1.165, 1.54) is 6.92 Å². The number of rotatable bonds is 10. The Morgan fingerprint density at radius 3 is 1.69 bits per heavy atom. The van der Waals surface area contributed by atoms with Gasteiger partial charge in [0, 0.05) is 13.3 Å². The van der Waals surface area contributed by atoms with E-state index in [-0.39, 0.29) is 19.1 Å². The lowest BCUT2D eigenvalue weighted by Gasteiger charge is -2.22. The highest BCUT2D eigenvalue weighted by Crippen LogP contribution is 2.31. The molecule has 2 N–H and O–H groups in total. The van der Waals surface area contributed by atoms with Crippen molar-refractivity contribution in [2.75, 3.05) is 20.3 Å². The number of hydrogen-bond donors (Lipinski definition) is 2. The fourth-order valence-electron chi connectivity index (χ4n) is 4.54. The van der Waals surface area contributed by atoms with Crippen molar-refractivity contribution in [1.82, 2.24) is 10.6 Å². The van der Waals surface area contributed by atoms with Gasteiger partial charge in [-0.1, -0.05) is 60.7 Å². The summed E-state index contributed by atoms with van der Waals surface area (Å²) >= 11 is 0. The van der Waals surface area contributed by atoms with E-state index >= 15 is 0 Å². The summed E-state index contributed by atoms with van der Waals surface area (Å²) in [5.74, 6) is -1.29. The van der Waals surface area contributed by atoms with Gasteiger partial charge in [0.05, 0.1) is 13.2 Å². The molecule has 2 aromatic carbocycles. The van der Waals surface area contributed by atoms with Gasteiger partial charge in [-0.3, -0.25) is 9.59 Å². The Balaban J connectivity index is 1.33. The maximum absolute atomic E-state index is 12.9. The van der Waals surface area contributed by atoms with Crippen molar-refractivity contribution >= 4 is 17.8 Å². The molecule has 0 radical (unpaired) electrons. The molecule has 9 nitrogen and oxygen atoms in total. The second kappa shape index (κ2) is 12.1. The molecule has 0 saturated carbocycles. The minimum atomic E-state index is -0.839. The zero-order chi connectivity index (χ0) is 25.5. The third-order valence-corrected chi connectivity index (χ3v) is 6.36. The van der Waals surface area contributed by atoms with Gasteiger partial charge in [0.25, 0.3) is 0 Å². The third kappa shape index (κ3) is 6.48. The van der Waals surface area contributed by atoms with Gasteiger partial charge in [-0.05, 0) is 24.6 Å². The summed E-state index contributed by atoms with van der Waals surface area (Å²) < 4.78 is 23.1. The highest BCUT2D eigenvalue weighted by atomic mass is 16.7. The fourth-order valence-corrected chi connectivity index (χ4v) is 4.54. The van der Waals surface area contributed by atoms with E-state index in [2.05, 4.69) is 10.6 Å². The SMILES string of the molecule is CNC(Cc1ccccc1)C(=O)O[C@@H]1COC2C1OC[C@@H]2OC(=O)C(Cc1ccccc1)NC(C)=O. The second-order valence-electron chi connectivity index (χ2n) is 9.02. The molecule has 2 heterocycles. The van der Waals surface area contributed by atoms with Crippen molar-refractivity contribution in [3.8, 4) is 0 Å². The Hall–Kier alpha value is -3.27. The number of likely N-dealkylation sites (N-methyl/N-ethyl adjacent to an activating group) is 1. The van der Waals surface area contributed by atoms with E-state index in [0.29, 0.717) is 12.8 Å². The predicted molar refractivity (Wildman–Crippen MR) is 130 cm³/mol. The Bertz CT molecular complexity index is 1030. The summed E-state index contributed by atoms with van der Waals surface area (Å²) in [7, 11) is 1.71. The first kappa shape index (κ1) is 25.8. The molecule has 9 heteroatoms. The van der Waals surface area contributed by atoms with E-state index in [9.17, 15) is 14.4 Å². The molecule has 0 spiro atoms. The standard InChI is InChI=1S/C27H32N2O7/c1-17(30)29-21(14-19-11-7-4-8-12-19)27(32)36-23-16-34-24-22(15-33-25(23)24)35-26(31)20(28-2)13-18-9-5-3-6-10-18/h3-12,20-25,28H,13-16H2,1-2H3,(H,29,30)/t20?,21?,22-,23+,24?,25?/m1/s1. The lowest BCUT2D eigenvalue weighted by atomic mass is 10.1. The topological polar surface area (TPSA) is 112 Å². The van der Waals surface area contributed by atoms with Crippen LogP contribution >= 0.6 is 0 Å². The number of carbonyl (C=O) groups is 3. The monoisotopic (exact) mass is 496 g/mol. The van der Waals surface area contributed by atoms with Gasteiger partial charge in [0.15, 0.2) is 12.2 Å². The minimum Gasteiger partial charge on any atom is -0.456 e. The third-order valence-electron chi connectivity index (χ3n) is 6.36. The molecule has 192 valence electrons. The lowest BCUT2D eigenvalue weighted by molar-refractivity contribution is -0.158. The quantitative estimate of drug-likeness (QED) is 0.472. The van der Waals surface area contributed by atoms with Gasteiger partial charge in [0.2, 0.25) is 5.91 Å². The molecule has 4 rings (SSSR count). The fraction of sp³-hybridized carbons (Fsp3) is 0.444. The van der Waals surface area contributed by atoms with Crippen LogP contribution in [0.1, 0.15) is 18.1 Å². The van der Waals surface area contributed by atoms with Crippen LogP contribution in [0, 0.1) is 0 Å². The molecule has 0 aromatic heterocycles. The Labute approximate surface area is 210 Å². The molecule has 6 atom stereocenters. The average molecular weight is 497 g/mol. The first-order valence-electron chi connectivity index (χ1n) is 12.1. The number of ether oxygens (including phenoxy) is 4. The number of carbonyl (C=O) groups excluding carboxylic acids is 3. The maximum Gasteiger partial charge on any atom is 0.329 e. The molecule has 1 amide bonds. The zero-order valence-corrected chi connectivity index (χ0v) is 20.4. The van der Waals surface area contributed by atoms with Gasteiger partial charge in [-0.2, -0.15) is 0 Å². The molecular weight excluding hydrogens is 464 g/mol. The molecule has 2 fully saturated rings. The Morgan fingerprint density at radius 2 is 1.25 bits per heavy atom. The van der Waals surface area contributed by atoms with E-state index < -0.39 is 48.4 Å². The van der Waals surface area contributed by atoms with Crippen molar-refractivity contribution in [1.29, 1.82) is 0 Å². The van der Waals surface area contributed by atoms with Crippen molar-refractivity contribution < 1.29 is 33.3 Å². The van der Waals surface area contributed by atoms with E-state index in [0.717, 1.165) is 11.1 Å². The zero-order valence-electron chi connectivity index (χ0n) is 20.4.